The maximum atomic E-state index is 2.39. The van der Waals surface area contributed by atoms with E-state index in [9.17, 15) is 0 Å². The lowest BCUT2D eigenvalue weighted by Crippen LogP contribution is -2.12. The molecule has 8 aromatic carbocycles. The number of hydrogen-bond donors (Lipinski definition) is 0. The molecule has 0 unspecified atom stereocenters. The molecule has 8 rings (SSSR count). The standard InChI is InChI=1S/C54H41N/c1-5-21-42(22-6-1)25-13-15-31-46-37-39-53(50-35-19-17-33-48(46)50)55(41-52(44-27-9-3-10-28-44)45-29-11-4-12-30-45)54-40-38-47(49-34-18-20-36-51(49)54)32-16-14-26-43-23-7-2-8-24-43/h1-41H. The average molecular weight is 704 g/mol. The molecule has 0 atom stereocenters. The molecule has 55 heavy (non-hydrogen) atoms. The number of benzene rings is 8. The zero-order valence-corrected chi connectivity index (χ0v) is 30.6. The normalized spacial score (nSPS) is 11.7. The van der Waals surface area contributed by atoms with Gasteiger partial charge in [-0.25, -0.2) is 0 Å². The highest BCUT2D eigenvalue weighted by Crippen LogP contribution is 2.41. The minimum atomic E-state index is 1.11. The van der Waals surface area contributed by atoms with E-state index >= 15 is 0 Å². The van der Waals surface area contributed by atoms with E-state index in [4.69, 9.17) is 0 Å². The third kappa shape index (κ3) is 8.23. The van der Waals surface area contributed by atoms with Crippen molar-refractivity contribution in [3.63, 3.8) is 0 Å². The zero-order chi connectivity index (χ0) is 37.1. The van der Waals surface area contributed by atoms with Crippen LogP contribution in [0.25, 0.3) is 51.4 Å². The molecule has 0 aliphatic carbocycles. The fourth-order valence-corrected chi connectivity index (χ4v) is 7.05. The van der Waals surface area contributed by atoms with Crippen LogP contribution in [0.2, 0.25) is 0 Å². The molecule has 0 radical (unpaired) electrons. The molecule has 0 saturated heterocycles. The second-order valence-electron chi connectivity index (χ2n) is 13.3. The van der Waals surface area contributed by atoms with Gasteiger partial charge in [-0.15, -0.1) is 0 Å². The number of rotatable bonds is 11. The molecule has 262 valence electrons. The number of hydrogen-bond acceptors (Lipinski definition) is 1. The lowest BCUT2D eigenvalue weighted by atomic mass is 9.96. The molecular formula is C54H41N. The third-order valence-corrected chi connectivity index (χ3v) is 9.77. The molecule has 1 heteroatoms. The van der Waals surface area contributed by atoms with Gasteiger partial charge >= 0.3 is 0 Å². The van der Waals surface area contributed by atoms with Gasteiger partial charge in [0.1, 0.15) is 0 Å². The maximum Gasteiger partial charge on any atom is 0.0534 e. The number of allylic oxidation sites excluding steroid dienone is 4. The largest absolute Gasteiger partial charge is 0.315 e. The lowest BCUT2D eigenvalue weighted by molar-refractivity contribution is 1.31. The van der Waals surface area contributed by atoms with Gasteiger partial charge in [0.05, 0.1) is 11.4 Å². The summed E-state index contributed by atoms with van der Waals surface area (Å²) in [6, 6.07) is 68.7. The molecule has 0 amide bonds. The second kappa shape index (κ2) is 17.1. The summed E-state index contributed by atoms with van der Waals surface area (Å²) in [4.78, 5) is 2.39. The van der Waals surface area contributed by atoms with Crippen LogP contribution in [0.5, 0.6) is 0 Å². The summed E-state index contributed by atoms with van der Waals surface area (Å²) >= 11 is 0. The van der Waals surface area contributed by atoms with Crippen LogP contribution in [-0.2, 0) is 0 Å². The first-order valence-corrected chi connectivity index (χ1v) is 18.8. The fourth-order valence-electron chi connectivity index (χ4n) is 7.05. The summed E-state index contributed by atoms with van der Waals surface area (Å²) in [6.07, 6.45) is 19.5. The zero-order valence-electron chi connectivity index (χ0n) is 30.6. The summed E-state index contributed by atoms with van der Waals surface area (Å²) in [5, 5.41) is 4.73. The molecule has 0 heterocycles. The first kappa shape index (κ1) is 34.8. The fraction of sp³-hybridized carbons (Fsp3) is 0. The van der Waals surface area contributed by atoms with E-state index in [1.807, 2.05) is 12.1 Å². The van der Waals surface area contributed by atoms with Crippen LogP contribution in [0, 0.1) is 0 Å². The lowest BCUT2D eigenvalue weighted by Gasteiger charge is -2.27. The van der Waals surface area contributed by atoms with Crippen molar-refractivity contribution in [3.8, 4) is 0 Å². The van der Waals surface area contributed by atoms with E-state index in [-0.39, 0.29) is 0 Å². The predicted octanol–water partition coefficient (Wildman–Crippen LogP) is 14.7. The molecule has 0 fully saturated rings. The highest BCUT2D eigenvalue weighted by Gasteiger charge is 2.18. The smallest absolute Gasteiger partial charge is 0.0534 e. The number of nitrogens with zero attached hydrogens (tertiary/aromatic N) is 1. The molecule has 0 bridgehead atoms. The van der Waals surface area contributed by atoms with Gasteiger partial charge in [0.2, 0.25) is 0 Å². The molecule has 0 spiro atoms. The van der Waals surface area contributed by atoms with Crippen molar-refractivity contribution in [1.82, 2.24) is 0 Å². The van der Waals surface area contributed by atoms with E-state index < -0.39 is 0 Å². The first-order chi connectivity index (χ1) is 27.3. The first-order valence-electron chi connectivity index (χ1n) is 18.8. The van der Waals surface area contributed by atoms with Gasteiger partial charge in [0.15, 0.2) is 0 Å². The van der Waals surface area contributed by atoms with Gasteiger partial charge < -0.3 is 4.90 Å². The summed E-state index contributed by atoms with van der Waals surface area (Å²) in [6.45, 7) is 0. The molecule has 0 N–H and O–H groups in total. The molecular weight excluding hydrogens is 663 g/mol. The second-order valence-corrected chi connectivity index (χ2v) is 13.3. The van der Waals surface area contributed by atoms with Crippen LogP contribution >= 0.6 is 0 Å². The Morgan fingerprint density at radius 2 is 0.655 bits per heavy atom. The van der Waals surface area contributed by atoms with Crippen molar-refractivity contribution in [3.05, 3.63) is 258 Å². The Bertz CT molecular complexity index is 2480. The number of fused-ring (bicyclic) bond motifs is 2. The summed E-state index contributed by atoms with van der Waals surface area (Å²) in [7, 11) is 0. The van der Waals surface area contributed by atoms with Gasteiger partial charge in [0, 0.05) is 22.5 Å². The third-order valence-electron chi connectivity index (χ3n) is 9.77. The van der Waals surface area contributed by atoms with Crippen molar-refractivity contribution >= 4 is 62.8 Å². The van der Waals surface area contributed by atoms with Gasteiger partial charge in [-0.3, -0.25) is 0 Å². The van der Waals surface area contributed by atoms with Crippen LogP contribution in [0.3, 0.4) is 0 Å². The van der Waals surface area contributed by atoms with Gasteiger partial charge in [-0.1, -0.05) is 231 Å². The van der Waals surface area contributed by atoms with Crippen molar-refractivity contribution < 1.29 is 0 Å². The monoisotopic (exact) mass is 703 g/mol. The SMILES string of the molecule is C(C=Cc1ccc(N(C=C(c2ccccc2)c2ccccc2)c2ccc(C=CC=Cc3ccccc3)c3ccccc23)c2ccccc12)=Cc1ccccc1. The topological polar surface area (TPSA) is 3.24 Å². The van der Waals surface area contributed by atoms with Gasteiger partial charge in [0.25, 0.3) is 0 Å². The van der Waals surface area contributed by atoms with Crippen molar-refractivity contribution in [1.29, 1.82) is 0 Å². The van der Waals surface area contributed by atoms with Crippen molar-refractivity contribution in [2.24, 2.45) is 0 Å². The predicted molar refractivity (Wildman–Crippen MR) is 239 cm³/mol. The van der Waals surface area contributed by atoms with Crippen molar-refractivity contribution in [2.75, 3.05) is 4.90 Å². The van der Waals surface area contributed by atoms with E-state index in [0.717, 1.165) is 28.1 Å². The van der Waals surface area contributed by atoms with E-state index in [1.165, 1.54) is 43.8 Å². The summed E-state index contributed by atoms with van der Waals surface area (Å²) < 4.78 is 0. The Labute approximate surface area is 324 Å². The van der Waals surface area contributed by atoms with Crippen molar-refractivity contribution in [2.45, 2.75) is 0 Å². The van der Waals surface area contributed by atoms with E-state index in [2.05, 4.69) is 242 Å². The quantitative estimate of drug-likeness (QED) is 0.121. The Balaban J connectivity index is 1.28. The Hall–Kier alpha value is -7.22. The molecule has 8 aromatic rings. The van der Waals surface area contributed by atoms with Crippen LogP contribution in [0.1, 0.15) is 33.4 Å². The summed E-state index contributed by atoms with van der Waals surface area (Å²) in [5.41, 5.74) is 10.4. The highest BCUT2D eigenvalue weighted by atomic mass is 15.1. The maximum absolute atomic E-state index is 2.39. The Morgan fingerprint density at radius 1 is 0.309 bits per heavy atom. The highest BCUT2D eigenvalue weighted by molar-refractivity contribution is 6.07. The summed E-state index contributed by atoms with van der Waals surface area (Å²) in [5.74, 6) is 0. The Morgan fingerprint density at radius 3 is 1.07 bits per heavy atom. The molecule has 0 aliphatic rings. The van der Waals surface area contributed by atoms with E-state index in [0.29, 0.717) is 0 Å². The number of anilines is 2. The van der Waals surface area contributed by atoms with E-state index in [1.54, 1.807) is 0 Å². The average Bonchev–Trinajstić information content (AvgIpc) is 3.26. The molecule has 0 saturated carbocycles. The molecule has 1 nitrogen and oxygen atoms in total. The van der Waals surface area contributed by atoms with Gasteiger partial charge in [-0.05, 0) is 56.3 Å². The minimum absolute atomic E-state index is 1.11. The Kier molecular flexibility index (Phi) is 10.8. The van der Waals surface area contributed by atoms with Crippen LogP contribution in [0.4, 0.5) is 11.4 Å². The molecule has 0 aromatic heterocycles. The van der Waals surface area contributed by atoms with Crippen LogP contribution < -0.4 is 4.90 Å². The van der Waals surface area contributed by atoms with Crippen LogP contribution in [0.15, 0.2) is 225 Å². The van der Waals surface area contributed by atoms with Gasteiger partial charge in [-0.2, -0.15) is 0 Å². The molecule has 0 aliphatic heterocycles. The minimum Gasteiger partial charge on any atom is -0.315 e. The van der Waals surface area contributed by atoms with Crippen LogP contribution in [-0.4, -0.2) is 0 Å².